The van der Waals surface area contributed by atoms with Gasteiger partial charge in [0.1, 0.15) is 0 Å². The van der Waals surface area contributed by atoms with Crippen molar-refractivity contribution in [2.24, 2.45) is 0 Å². The summed E-state index contributed by atoms with van der Waals surface area (Å²) in [4.78, 5) is 24.8. The first kappa shape index (κ1) is 22.5. The van der Waals surface area contributed by atoms with Crippen LogP contribution in [0.15, 0.2) is 30.3 Å². The summed E-state index contributed by atoms with van der Waals surface area (Å²) in [5, 5.41) is 2.89. The molecule has 31 heavy (non-hydrogen) atoms. The molecule has 166 valence electrons. The number of ether oxygens (including phenoxy) is 4. The van der Waals surface area contributed by atoms with Crippen molar-refractivity contribution in [1.29, 1.82) is 0 Å². The number of hydrogen-bond donors (Lipinski definition) is 1. The lowest BCUT2D eigenvalue weighted by Gasteiger charge is -2.20. The van der Waals surface area contributed by atoms with Crippen molar-refractivity contribution in [3.63, 3.8) is 0 Å². The summed E-state index contributed by atoms with van der Waals surface area (Å²) in [6.45, 7) is 1.54. The monoisotopic (exact) mass is 427 g/mol. The number of nitrogens with one attached hydrogen (secondary N) is 1. The molecule has 0 saturated carbocycles. The van der Waals surface area contributed by atoms with Crippen LogP contribution < -0.4 is 19.5 Å². The maximum absolute atomic E-state index is 12.4. The third-order valence-electron chi connectivity index (χ3n) is 5.48. The highest BCUT2D eigenvalue weighted by molar-refractivity contribution is 5.92. The van der Waals surface area contributed by atoms with Crippen molar-refractivity contribution < 1.29 is 28.5 Å². The Balaban J connectivity index is 1.60. The van der Waals surface area contributed by atoms with Gasteiger partial charge in [0.25, 0.3) is 5.91 Å². The number of esters is 1. The number of methoxy groups -OCH3 is 3. The molecule has 1 amide bonds. The first-order valence-electron chi connectivity index (χ1n) is 10.3. The van der Waals surface area contributed by atoms with Gasteiger partial charge in [-0.2, -0.15) is 0 Å². The van der Waals surface area contributed by atoms with E-state index >= 15 is 0 Å². The third kappa shape index (κ3) is 5.29. The lowest BCUT2D eigenvalue weighted by molar-refractivity contribution is -0.124. The topological polar surface area (TPSA) is 83.1 Å². The Bertz CT molecular complexity index is 930. The molecule has 1 aliphatic rings. The van der Waals surface area contributed by atoms with Crippen LogP contribution in [-0.4, -0.2) is 39.8 Å². The summed E-state index contributed by atoms with van der Waals surface area (Å²) in [7, 11) is 4.40. The Hall–Kier alpha value is -3.22. The van der Waals surface area contributed by atoms with Crippen molar-refractivity contribution in [1.82, 2.24) is 5.32 Å². The average molecular weight is 427 g/mol. The summed E-state index contributed by atoms with van der Waals surface area (Å²) in [6, 6.07) is 9.16. The molecule has 1 N–H and O–H groups in total. The second-order valence-corrected chi connectivity index (χ2v) is 7.51. The molecule has 7 nitrogen and oxygen atoms in total. The van der Waals surface area contributed by atoms with E-state index < -0.39 is 5.97 Å². The fourth-order valence-corrected chi connectivity index (χ4v) is 3.80. The largest absolute Gasteiger partial charge is 0.493 e. The molecule has 1 atom stereocenters. The molecule has 0 radical (unpaired) electrons. The molecule has 2 aromatic rings. The number of hydrogen-bond acceptors (Lipinski definition) is 6. The number of amides is 1. The highest BCUT2D eigenvalue weighted by atomic mass is 16.5. The molecule has 0 unspecified atom stereocenters. The maximum Gasteiger partial charge on any atom is 0.338 e. The van der Waals surface area contributed by atoms with Gasteiger partial charge in [-0.15, -0.1) is 0 Å². The molecule has 0 aromatic heterocycles. The molecule has 0 spiro atoms. The van der Waals surface area contributed by atoms with Crippen LogP contribution in [0.5, 0.6) is 17.2 Å². The Labute approximate surface area is 182 Å². The van der Waals surface area contributed by atoms with E-state index in [1.165, 1.54) is 57.4 Å². The van der Waals surface area contributed by atoms with Crippen molar-refractivity contribution in [2.45, 2.75) is 38.6 Å². The SMILES string of the molecule is COc1cc(C(=O)OCC(=O)N[C@@H](C)c2ccc3c(c2)CCCC3)cc(OC)c1OC. The molecule has 0 aliphatic heterocycles. The zero-order chi connectivity index (χ0) is 22.4. The summed E-state index contributed by atoms with van der Waals surface area (Å²) < 4.78 is 20.9. The summed E-state index contributed by atoms with van der Waals surface area (Å²) in [5.41, 5.74) is 4.00. The van der Waals surface area contributed by atoms with E-state index in [0.717, 1.165) is 18.4 Å². The fraction of sp³-hybridized carbons (Fsp3) is 0.417. The number of benzene rings is 2. The third-order valence-corrected chi connectivity index (χ3v) is 5.48. The molecular formula is C24H29NO6. The van der Waals surface area contributed by atoms with Crippen LogP contribution in [-0.2, 0) is 22.4 Å². The van der Waals surface area contributed by atoms with E-state index in [1.54, 1.807) is 0 Å². The minimum atomic E-state index is -0.657. The number of fused-ring (bicyclic) bond motifs is 1. The van der Waals surface area contributed by atoms with E-state index in [4.69, 9.17) is 18.9 Å². The molecule has 0 heterocycles. The second-order valence-electron chi connectivity index (χ2n) is 7.51. The normalized spacial score (nSPS) is 13.5. The number of carbonyl (C=O) groups is 2. The van der Waals surface area contributed by atoms with Gasteiger partial charge in [0.2, 0.25) is 5.75 Å². The van der Waals surface area contributed by atoms with E-state index in [1.807, 2.05) is 6.92 Å². The Morgan fingerprint density at radius 3 is 2.19 bits per heavy atom. The van der Waals surface area contributed by atoms with E-state index in [9.17, 15) is 9.59 Å². The van der Waals surface area contributed by atoms with E-state index in [-0.39, 0.29) is 24.1 Å². The summed E-state index contributed by atoms with van der Waals surface area (Å²) in [6.07, 6.45) is 4.63. The Kier molecular flexibility index (Phi) is 7.39. The highest BCUT2D eigenvalue weighted by Crippen LogP contribution is 2.38. The summed E-state index contributed by atoms with van der Waals surface area (Å²) >= 11 is 0. The predicted octanol–water partition coefficient (Wildman–Crippen LogP) is 3.63. The minimum absolute atomic E-state index is 0.181. The first-order valence-corrected chi connectivity index (χ1v) is 10.3. The van der Waals surface area contributed by atoms with Crippen LogP contribution in [0.25, 0.3) is 0 Å². The zero-order valence-electron chi connectivity index (χ0n) is 18.4. The molecular weight excluding hydrogens is 398 g/mol. The van der Waals surface area contributed by atoms with Gasteiger partial charge in [-0.05, 0) is 61.4 Å². The van der Waals surface area contributed by atoms with E-state index in [0.29, 0.717) is 17.2 Å². The fourth-order valence-electron chi connectivity index (χ4n) is 3.80. The van der Waals surface area contributed by atoms with Crippen LogP contribution in [0, 0.1) is 0 Å². The lowest BCUT2D eigenvalue weighted by atomic mass is 9.89. The van der Waals surface area contributed by atoms with Crippen molar-refractivity contribution >= 4 is 11.9 Å². The molecule has 0 saturated heterocycles. The minimum Gasteiger partial charge on any atom is -0.493 e. The average Bonchev–Trinajstić information content (AvgIpc) is 2.80. The lowest BCUT2D eigenvalue weighted by Crippen LogP contribution is -2.31. The maximum atomic E-state index is 12.4. The second kappa shape index (κ2) is 10.2. The van der Waals surface area contributed by atoms with Gasteiger partial charge in [-0.25, -0.2) is 4.79 Å². The smallest absolute Gasteiger partial charge is 0.338 e. The Morgan fingerprint density at radius 1 is 0.935 bits per heavy atom. The molecule has 1 aliphatic carbocycles. The van der Waals surface area contributed by atoms with Crippen LogP contribution >= 0.6 is 0 Å². The van der Waals surface area contributed by atoms with Crippen molar-refractivity contribution in [2.75, 3.05) is 27.9 Å². The number of carbonyl (C=O) groups excluding carboxylic acids is 2. The molecule has 0 fully saturated rings. The van der Waals surface area contributed by atoms with Gasteiger partial charge in [0, 0.05) is 0 Å². The van der Waals surface area contributed by atoms with Gasteiger partial charge >= 0.3 is 5.97 Å². The molecule has 7 heteroatoms. The Morgan fingerprint density at radius 2 is 1.58 bits per heavy atom. The standard InChI is InChI=1S/C24H29NO6/c1-15(17-10-9-16-7-5-6-8-18(16)11-17)25-22(26)14-31-24(27)19-12-20(28-2)23(30-4)21(13-19)29-3/h9-13,15H,5-8,14H2,1-4H3,(H,25,26)/t15-/m0/s1. The first-order chi connectivity index (χ1) is 15.0. The molecule has 2 aromatic carbocycles. The van der Waals surface area contributed by atoms with Gasteiger partial charge in [0.05, 0.1) is 32.9 Å². The highest BCUT2D eigenvalue weighted by Gasteiger charge is 2.19. The predicted molar refractivity (Wildman–Crippen MR) is 116 cm³/mol. The van der Waals surface area contributed by atoms with Crippen LogP contribution in [0.2, 0.25) is 0 Å². The molecule has 3 rings (SSSR count). The van der Waals surface area contributed by atoms with E-state index in [2.05, 4.69) is 23.5 Å². The quantitative estimate of drug-likeness (QED) is 0.648. The van der Waals surface area contributed by atoms with Gasteiger partial charge in [0.15, 0.2) is 18.1 Å². The zero-order valence-corrected chi connectivity index (χ0v) is 18.4. The van der Waals surface area contributed by atoms with Crippen molar-refractivity contribution in [3.8, 4) is 17.2 Å². The van der Waals surface area contributed by atoms with Crippen LogP contribution in [0.4, 0.5) is 0 Å². The van der Waals surface area contributed by atoms with Gasteiger partial charge in [-0.3, -0.25) is 4.79 Å². The number of rotatable bonds is 8. The molecule has 0 bridgehead atoms. The van der Waals surface area contributed by atoms with Gasteiger partial charge in [-0.1, -0.05) is 18.2 Å². The number of aryl methyl sites for hydroxylation is 2. The van der Waals surface area contributed by atoms with Crippen LogP contribution in [0.1, 0.15) is 52.9 Å². The van der Waals surface area contributed by atoms with Crippen LogP contribution in [0.3, 0.4) is 0 Å². The van der Waals surface area contributed by atoms with Crippen molar-refractivity contribution in [3.05, 3.63) is 52.6 Å². The van der Waals surface area contributed by atoms with Gasteiger partial charge < -0.3 is 24.3 Å². The summed E-state index contributed by atoms with van der Waals surface area (Å²) in [5.74, 6) is 0.0126.